The van der Waals surface area contributed by atoms with Crippen molar-refractivity contribution in [2.24, 2.45) is 10.2 Å². The molecule has 2 fully saturated rings. The molecule has 14 nitrogen and oxygen atoms in total. The lowest BCUT2D eigenvalue weighted by Gasteiger charge is -2.32. The van der Waals surface area contributed by atoms with Gasteiger partial charge < -0.3 is 19.1 Å². The van der Waals surface area contributed by atoms with Gasteiger partial charge in [-0.2, -0.15) is 0 Å². The van der Waals surface area contributed by atoms with Gasteiger partial charge in [0.25, 0.3) is 5.91 Å². The van der Waals surface area contributed by atoms with Crippen molar-refractivity contribution in [3.05, 3.63) is 20.9 Å². The Morgan fingerprint density at radius 1 is 1.10 bits per heavy atom. The summed E-state index contributed by atoms with van der Waals surface area (Å²) in [5.74, 6) is -3.13. The second-order valence-electron chi connectivity index (χ2n) is 6.00. The highest BCUT2D eigenvalue weighted by atomic mass is 32.2. The standard InChI is InChI=1S/C14H17N7O7S/c1-5(22)27-10-8(17-19-15)9(18-20-16)11(28-6(2)23)13-21(12(10)24)7(4-29-13)14(25)26-3/h7-11,13H,4H2,1-3H3/t7-,8+,9+,10-,11-,13-/m0/s1. The molecule has 15 heteroatoms. The first-order chi connectivity index (χ1) is 13.8. The lowest BCUT2D eigenvalue weighted by Crippen LogP contribution is -2.52. The third kappa shape index (κ3) is 4.47. The summed E-state index contributed by atoms with van der Waals surface area (Å²) in [6, 6.07) is -3.97. The van der Waals surface area contributed by atoms with Gasteiger partial charge in [0, 0.05) is 29.4 Å². The SMILES string of the molecule is COC(=O)[C@@H]1CS[C@H]2[C@@H](OC(C)=O)[C@H](N=[N+]=[N-])[C@@H](N=[N+]=[N-])[C@H](OC(C)=O)C(=O)N12. The number of carbonyl (C=O) groups is 4. The summed E-state index contributed by atoms with van der Waals surface area (Å²) in [6.07, 6.45) is -2.98. The number of thioether (sulfide) groups is 1. The lowest BCUT2D eigenvalue weighted by atomic mass is 9.99. The summed E-state index contributed by atoms with van der Waals surface area (Å²) in [7, 11) is 1.14. The number of esters is 3. The molecule has 29 heavy (non-hydrogen) atoms. The molecule has 2 aliphatic heterocycles. The van der Waals surface area contributed by atoms with Crippen LogP contribution in [0.15, 0.2) is 10.2 Å². The number of azide groups is 2. The Kier molecular flexibility index (Phi) is 7.15. The van der Waals surface area contributed by atoms with Crippen molar-refractivity contribution < 1.29 is 33.4 Å². The van der Waals surface area contributed by atoms with E-state index in [0.29, 0.717) is 0 Å². The van der Waals surface area contributed by atoms with Gasteiger partial charge in [-0.3, -0.25) is 14.4 Å². The highest BCUT2D eigenvalue weighted by Gasteiger charge is 2.57. The van der Waals surface area contributed by atoms with Crippen molar-refractivity contribution in [2.75, 3.05) is 12.9 Å². The maximum Gasteiger partial charge on any atom is 0.329 e. The molecule has 0 radical (unpaired) electrons. The minimum Gasteiger partial charge on any atom is -0.467 e. The molecule has 0 unspecified atom stereocenters. The number of amides is 1. The summed E-state index contributed by atoms with van der Waals surface area (Å²) in [6.45, 7) is 2.14. The maximum atomic E-state index is 13.2. The molecule has 0 aliphatic carbocycles. The van der Waals surface area contributed by atoms with Gasteiger partial charge in [-0.25, -0.2) is 4.79 Å². The zero-order valence-electron chi connectivity index (χ0n) is 15.6. The number of rotatable bonds is 5. The number of methoxy groups -OCH3 is 1. The fourth-order valence-electron chi connectivity index (χ4n) is 3.21. The first-order valence-corrected chi connectivity index (χ1v) is 9.26. The summed E-state index contributed by atoms with van der Waals surface area (Å²) in [5, 5.41) is 6.07. The van der Waals surface area contributed by atoms with Crippen molar-refractivity contribution in [3.63, 3.8) is 0 Å². The Labute approximate surface area is 168 Å². The number of hydrogen-bond acceptors (Lipinski definition) is 10. The summed E-state index contributed by atoms with van der Waals surface area (Å²) >= 11 is 1.08. The molecular formula is C14H17N7O7S. The van der Waals surface area contributed by atoms with E-state index in [4.69, 9.17) is 25.3 Å². The zero-order chi connectivity index (χ0) is 21.7. The first-order valence-electron chi connectivity index (χ1n) is 8.21. The second kappa shape index (κ2) is 9.37. The highest BCUT2D eigenvalue weighted by Crippen LogP contribution is 2.40. The average molecular weight is 427 g/mol. The second-order valence-corrected chi connectivity index (χ2v) is 7.15. The van der Waals surface area contributed by atoms with Gasteiger partial charge in [-0.15, -0.1) is 11.8 Å². The van der Waals surface area contributed by atoms with Gasteiger partial charge in [0.15, 0.2) is 6.10 Å². The molecule has 2 rings (SSSR count). The number of hydrogen-bond donors (Lipinski definition) is 0. The van der Waals surface area contributed by atoms with E-state index in [1.807, 2.05) is 0 Å². The fraction of sp³-hybridized carbons (Fsp3) is 0.714. The minimum absolute atomic E-state index is 0.100. The number of ether oxygens (including phenoxy) is 3. The summed E-state index contributed by atoms with van der Waals surface area (Å²) < 4.78 is 15.1. The smallest absolute Gasteiger partial charge is 0.329 e. The van der Waals surface area contributed by atoms with Crippen LogP contribution in [-0.2, 0) is 33.4 Å². The predicted molar refractivity (Wildman–Crippen MR) is 95.9 cm³/mol. The van der Waals surface area contributed by atoms with Crippen LogP contribution in [0.4, 0.5) is 0 Å². The molecular weight excluding hydrogens is 410 g/mol. The molecule has 0 aromatic rings. The van der Waals surface area contributed by atoms with Crippen LogP contribution in [-0.4, -0.2) is 77.3 Å². The van der Waals surface area contributed by atoms with Crippen molar-refractivity contribution in [1.82, 2.24) is 4.90 Å². The number of fused-ring (bicyclic) bond motifs is 1. The number of nitrogens with zero attached hydrogens (tertiary/aromatic N) is 7. The molecule has 6 atom stereocenters. The van der Waals surface area contributed by atoms with Crippen LogP contribution in [0.3, 0.4) is 0 Å². The van der Waals surface area contributed by atoms with Crippen molar-refractivity contribution in [2.45, 2.75) is 49.6 Å². The Morgan fingerprint density at radius 2 is 1.69 bits per heavy atom. The van der Waals surface area contributed by atoms with Gasteiger partial charge in [0.05, 0.1) is 19.2 Å². The average Bonchev–Trinajstić information content (AvgIpc) is 3.07. The largest absolute Gasteiger partial charge is 0.467 e. The van der Waals surface area contributed by atoms with E-state index in [2.05, 4.69) is 20.1 Å². The molecule has 2 heterocycles. The van der Waals surface area contributed by atoms with Gasteiger partial charge >= 0.3 is 17.9 Å². The van der Waals surface area contributed by atoms with Crippen LogP contribution < -0.4 is 0 Å². The van der Waals surface area contributed by atoms with Crippen molar-refractivity contribution >= 4 is 35.6 Å². The van der Waals surface area contributed by atoms with Crippen LogP contribution in [0.5, 0.6) is 0 Å². The maximum absolute atomic E-state index is 13.2. The van der Waals surface area contributed by atoms with Gasteiger partial charge in [0.1, 0.15) is 17.5 Å². The third-order valence-corrected chi connectivity index (χ3v) is 5.59. The van der Waals surface area contributed by atoms with Gasteiger partial charge in [0.2, 0.25) is 0 Å². The third-order valence-electron chi connectivity index (χ3n) is 4.25. The Morgan fingerprint density at radius 3 is 2.21 bits per heavy atom. The molecule has 1 amide bonds. The van der Waals surface area contributed by atoms with Crippen molar-refractivity contribution in [1.29, 1.82) is 0 Å². The summed E-state index contributed by atoms with van der Waals surface area (Å²) in [4.78, 5) is 55.1. The topological polar surface area (TPSA) is 197 Å². The summed E-state index contributed by atoms with van der Waals surface area (Å²) in [5.41, 5.74) is 18.0. The van der Waals surface area contributed by atoms with E-state index < -0.39 is 59.5 Å². The van der Waals surface area contributed by atoms with Crippen LogP contribution >= 0.6 is 11.8 Å². The van der Waals surface area contributed by atoms with E-state index in [0.717, 1.165) is 37.6 Å². The predicted octanol–water partition coefficient (Wildman–Crippen LogP) is 0.664. The molecule has 0 bridgehead atoms. The lowest BCUT2D eigenvalue weighted by molar-refractivity contribution is -0.163. The van der Waals surface area contributed by atoms with E-state index in [9.17, 15) is 19.2 Å². The molecule has 2 aliphatic rings. The Bertz CT molecular complexity index is 810. The molecule has 0 spiro atoms. The van der Waals surface area contributed by atoms with Gasteiger partial charge in [-0.1, -0.05) is 10.2 Å². The number of carbonyl (C=O) groups excluding carboxylic acids is 4. The highest BCUT2D eigenvalue weighted by molar-refractivity contribution is 8.00. The molecule has 0 saturated carbocycles. The quantitative estimate of drug-likeness (QED) is 0.200. The van der Waals surface area contributed by atoms with Crippen LogP contribution in [0.2, 0.25) is 0 Å². The fourth-order valence-corrected chi connectivity index (χ4v) is 4.71. The monoisotopic (exact) mass is 427 g/mol. The zero-order valence-corrected chi connectivity index (χ0v) is 16.4. The Hall–Kier alpha value is -3.15. The Balaban J connectivity index is 2.69. The van der Waals surface area contributed by atoms with E-state index in [1.165, 1.54) is 0 Å². The molecule has 2 saturated heterocycles. The van der Waals surface area contributed by atoms with Crippen molar-refractivity contribution in [3.8, 4) is 0 Å². The van der Waals surface area contributed by atoms with Gasteiger partial charge in [-0.05, 0) is 11.1 Å². The first kappa shape index (κ1) is 22.1. The molecule has 0 aromatic carbocycles. The van der Waals surface area contributed by atoms with Crippen LogP contribution in [0.1, 0.15) is 13.8 Å². The van der Waals surface area contributed by atoms with Crippen LogP contribution in [0.25, 0.3) is 20.9 Å². The van der Waals surface area contributed by atoms with E-state index in [1.54, 1.807) is 0 Å². The molecule has 0 N–H and O–H groups in total. The minimum atomic E-state index is -1.70. The molecule has 156 valence electrons. The molecule has 0 aromatic heterocycles. The van der Waals surface area contributed by atoms with Crippen LogP contribution in [0, 0.1) is 0 Å². The van der Waals surface area contributed by atoms with E-state index in [-0.39, 0.29) is 5.75 Å². The van der Waals surface area contributed by atoms with E-state index >= 15 is 0 Å². The normalized spacial score (nSPS) is 30.7.